The van der Waals surface area contributed by atoms with Gasteiger partial charge in [0.1, 0.15) is 12.1 Å². The molecule has 0 spiro atoms. The first-order valence-electron chi connectivity index (χ1n) is 6.77. The molecular formula is C16H15N5. The third-order valence-corrected chi connectivity index (χ3v) is 3.09. The second-order valence-corrected chi connectivity index (χ2v) is 4.56. The smallest absolute Gasteiger partial charge is 0.129 e. The number of nitrogens with zero attached hydrogens (tertiary/aromatic N) is 4. The molecular weight excluding hydrogens is 262 g/mol. The van der Waals surface area contributed by atoms with Crippen molar-refractivity contribution in [1.82, 2.24) is 19.9 Å². The first-order valence-corrected chi connectivity index (χ1v) is 6.77. The van der Waals surface area contributed by atoms with Gasteiger partial charge in [-0.25, -0.2) is 9.97 Å². The summed E-state index contributed by atoms with van der Waals surface area (Å²) in [5, 5.41) is 3.31. The highest BCUT2D eigenvalue weighted by molar-refractivity contribution is 5.60. The molecule has 0 saturated carbocycles. The van der Waals surface area contributed by atoms with E-state index in [1.165, 1.54) is 5.56 Å². The Balaban J connectivity index is 1.64. The van der Waals surface area contributed by atoms with E-state index < -0.39 is 0 Å². The van der Waals surface area contributed by atoms with Gasteiger partial charge in [0, 0.05) is 43.0 Å². The first kappa shape index (κ1) is 13.2. The molecule has 21 heavy (non-hydrogen) atoms. The lowest BCUT2D eigenvalue weighted by Crippen LogP contribution is -2.06. The molecule has 0 amide bonds. The molecule has 3 aromatic heterocycles. The second kappa shape index (κ2) is 6.56. The summed E-state index contributed by atoms with van der Waals surface area (Å²) in [4.78, 5) is 16.6. The van der Waals surface area contributed by atoms with Crippen LogP contribution in [0.4, 0.5) is 5.82 Å². The van der Waals surface area contributed by atoms with Crippen LogP contribution in [0.2, 0.25) is 0 Å². The van der Waals surface area contributed by atoms with Crippen LogP contribution in [0.25, 0.3) is 11.3 Å². The van der Waals surface area contributed by atoms with Crippen molar-refractivity contribution in [3.05, 3.63) is 67.0 Å². The molecule has 104 valence electrons. The highest BCUT2D eigenvalue weighted by atomic mass is 15.0. The fourth-order valence-electron chi connectivity index (χ4n) is 2.01. The van der Waals surface area contributed by atoms with Gasteiger partial charge < -0.3 is 5.32 Å². The summed E-state index contributed by atoms with van der Waals surface area (Å²) in [5.41, 5.74) is 3.10. The summed E-state index contributed by atoms with van der Waals surface area (Å²) in [6, 6.07) is 9.85. The standard InChI is InChI=1S/C16H15N5/c1-2-14(11-18-6-1)15-10-16(21-12-20-15)19-9-5-13-3-7-17-8-4-13/h1-4,6-8,10-12H,5,9H2,(H,19,20,21). The Bertz CT molecular complexity index is 685. The van der Waals surface area contributed by atoms with Crippen molar-refractivity contribution >= 4 is 5.82 Å². The van der Waals surface area contributed by atoms with Crippen LogP contribution in [0.3, 0.4) is 0 Å². The van der Waals surface area contributed by atoms with E-state index in [-0.39, 0.29) is 0 Å². The molecule has 0 bridgehead atoms. The Morgan fingerprint density at radius 1 is 0.952 bits per heavy atom. The Morgan fingerprint density at radius 3 is 2.67 bits per heavy atom. The minimum atomic E-state index is 0.813. The summed E-state index contributed by atoms with van der Waals surface area (Å²) in [5.74, 6) is 0.818. The number of aromatic nitrogens is 4. The van der Waals surface area contributed by atoms with E-state index in [0.29, 0.717) is 0 Å². The van der Waals surface area contributed by atoms with Crippen LogP contribution >= 0.6 is 0 Å². The van der Waals surface area contributed by atoms with Gasteiger partial charge in [0.2, 0.25) is 0 Å². The second-order valence-electron chi connectivity index (χ2n) is 4.56. The van der Waals surface area contributed by atoms with Crippen molar-refractivity contribution in [2.24, 2.45) is 0 Å². The normalized spacial score (nSPS) is 10.3. The zero-order chi connectivity index (χ0) is 14.3. The van der Waals surface area contributed by atoms with Crippen molar-refractivity contribution in [3.8, 4) is 11.3 Å². The molecule has 3 rings (SSSR count). The van der Waals surface area contributed by atoms with Crippen LogP contribution in [-0.2, 0) is 6.42 Å². The highest BCUT2D eigenvalue weighted by Crippen LogP contribution is 2.17. The average Bonchev–Trinajstić information content (AvgIpc) is 2.57. The lowest BCUT2D eigenvalue weighted by Gasteiger charge is -2.07. The zero-order valence-electron chi connectivity index (χ0n) is 11.5. The molecule has 0 aliphatic rings. The van der Waals surface area contributed by atoms with Crippen LogP contribution in [-0.4, -0.2) is 26.5 Å². The summed E-state index contributed by atoms with van der Waals surface area (Å²) in [6.45, 7) is 0.813. The van der Waals surface area contributed by atoms with Gasteiger partial charge in [-0.05, 0) is 36.2 Å². The summed E-state index contributed by atoms with van der Waals surface area (Å²) in [6.07, 6.45) is 9.65. The maximum absolute atomic E-state index is 4.28. The number of anilines is 1. The number of rotatable bonds is 5. The zero-order valence-corrected chi connectivity index (χ0v) is 11.5. The molecule has 5 heteroatoms. The van der Waals surface area contributed by atoms with Crippen LogP contribution in [0.15, 0.2) is 61.4 Å². The predicted molar refractivity (Wildman–Crippen MR) is 81.7 cm³/mol. The van der Waals surface area contributed by atoms with Gasteiger partial charge in [-0.2, -0.15) is 0 Å². The molecule has 3 heterocycles. The first-order chi connectivity index (χ1) is 10.4. The molecule has 0 aliphatic heterocycles. The van der Waals surface area contributed by atoms with Crippen molar-refractivity contribution in [1.29, 1.82) is 0 Å². The topological polar surface area (TPSA) is 63.6 Å². The monoisotopic (exact) mass is 277 g/mol. The van der Waals surface area contributed by atoms with Gasteiger partial charge in [-0.15, -0.1) is 0 Å². The Kier molecular flexibility index (Phi) is 4.12. The van der Waals surface area contributed by atoms with Gasteiger partial charge in [0.25, 0.3) is 0 Å². The molecule has 0 radical (unpaired) electrons. The SMILES string of the molecule is c1cncc(-c2cc(NCCc3ccncc3)ncn2)c1. The third-order valence-electron chi connectivity index (χ3n) is 3.09. The molecule has 0 unspecified atom stereocenters. The molecule has 0 atom stereocenters. The van der Waals surface area contributed by atoms with E-state index >= 15 is 0 Å². The Hall–Kier alpha value is -2.82. The third kappa shape index (κ3) is 3.60. The molecule has 0 aliphatic carbocycles. The van der Waals surface area contributed by atoms with Crippen molar-refractivity contribution in [3.63, 3.8) is 0 Å². The Labute approximate surface area is 123 Å². The van der Waals surface area contributed by atoms with Crippen LogP contribution < -0.4 is 5.32 Å². The number of hydrogen-bond donors (Lipinski definition) is 1. The summed E-state index contributed by atoms with van der Waals surface area (Å²) < 4.78 is 0. The van der Waals surface area contributed by atoms with E-state index in [9.17, 15) is 0 Å². The van der Waals surface area contributed by atoms with Gasteiger partial charge >= 0.3 is 0 Å². The largest absolute Gasteiger partial charge is 0.370 e. The van der Waals surface area contributed by atoms with Crippen LogP contribution in [0.1, 0.15) is 5.56 Å². The molecule has 1 N–H and O–H groups in total. The highest BCUT2D eigenvalue weighted by Gasteiger charge is 2.01. The van der Waals surface area contributed by atoms with Gasteiger partial charge in [0.15, 0.2) is 0 Å². The van der Waals surface area contributed by atoms with Crippen molar-refractivity contribution in [2.45, 2.75) is 6.42 Å². The maximum atomic E-state index is 4.28. The lowest BCUT2D eigenvalue weighted by molar-refractivity contribution is 0.994. The van der Waals surface area contributed by atoms with E-state index in [1.807, 2.05) is 30.3 Å². The van der Waals surface area contributed by atoms with E-state index in [1.54, 1.807) is 31.1 Å². The summed E-state index contributed by atoms with van der Waals surface area (Å²) in [7, 11) is 0. The van der Waals surface area contributed by atoms with Gasteiger partial charge in [-0.1, -0.05) is 0 Å². The quantitative estimate of drug-likeness (QED) is 0.776. The van der Waals surface area contributed by atoms with Gasteiger partial charge in [-0.3, -0.25) is 9.97 Å². The van der Waals surface area contributed by atoms with Crippen LogP contribution in [0, 0.1) is 0 Å². The number of pyridine rings is 2. The fraction of sp³-hybridized carbons (Fsp3) is 0.125. The maximum Gasteiger partial charge on any atom is 0.129 e. The fourth-order valence-corrected chi connectivity index (χ4v) is 2.01. The summed E-state index contributed by atoms with van der Waals surface area (Å²) >= 11 is 0. The molecule has 0 aromatic carbocycles. The van der Waals surface area contributed by atoms with Gasteiger partial charge in [0.05, 0.1) is 5.69 Å². The molecule has 0 fully saturated rings. The lowest BCUT2D eigenvalue weighted by atomic mass is 10.2. The molecule has 3 aromatic rings. The van der Waals surface area contributed by atoms with E-state index in [2.05, 4.69) is 25.3 Å². The number of nitrogens with one attached hydrogen (secondary N) is 1. The van der Waals surface area contributed by atoms with E-state index in [4.69, 9.17) is 0 Å². The Morgan fingerprint density at radius 2 is 1.86 bits per heavy atom. The minimum absolute atomic E-state index is 0.813. The number of hydrogen-bond acceptors (Lipinski definition) is 5. The van der Waals surface area contributed by atoms with Crippen molar-refractivity contribution < 1.29 is 0 Å². The molecule has 5 nitrogen and oxygen atoms in total. The van der Waals surface area contributed by atoms with Crippen LogP contribution in [0.5, 0.6) is 0 Å². The minimum Gasteiger partial charge on any atom is -0.370 e. The van der Waals surface area contributed by atoms with Crippen molar-refractivity contribution in [2.75, 3.05) is 11.9 Å². The molecule has 0 saturated heterocycles. The average molecular weight is 277 g/mol. The van der Waals surface area contributed by atoms with E-state index in [0.717, 1.165) is 30.0 Å². The predicted octanol–water partition coefficient (Wildman–Crippen LogP) is 2.59.